The van der Waals surface area contributed by atoms with E-state index in [1.165, 1.54) is 25.4 Å². The molecule has 3 rings (SSSR count). The number of benzene rings is 1. The van der Waals surface area contributed by atoms with Crippen molar-refractivity contribution in [1.82, 2.24) is 0 Å². The van der Waals surface area contributed by atoms with Crippen molar-refractivity contribution in [2.24, 2.45) is 11.8 Å². The molecule has 0 aliphatic heterocycles. The summed E-state index contributed by atoms with van der Waals surface area (Å²) in [5.41, 5.74) is 1.27. The largest absolute Gasteiger partial charge is 0.465 e. The summed E-state index contributed by atoms with van der Waals surface area (Å²) in [5.74, 6) is -1.19. The lowest BCUT2D eigenvalue weighted by atomic mass is 9.80. The van der Waals surface area contributed by atoms with Gasteiger partial charge in [0.05, 0.1) is 18.6 Å². The average Bonchev–Trinajstić information content (AvgIpc) is 3.11. The number of nitrogens with one attached hydrogen (secondary N) is 1. The van der Waals surface area contributed by atoms with E-state index in [4.69, 9.17) is 9.47 Å². The lowest BCUT2D eigenvalue weighted by Crippen LogP contribution is -2.40. The fraction of sp³-hybridized carbons (Fsp3) is 0.409. The van der Waals surface area contributed by atoms with Gasteiger partial charge in [0.2, 0.25) is 5.91 Å². The Labute approximate surface area is 174 Å². The minimum absolute atomic E-state index is 0.241. The molecule has 1 amide bonds. The summed E-state index contributed by atoms with van der Waals surface area (Å²) in [7, 11) is 1.31. The monoisotopic (exact) mass is 415 g/mol. The van der Waals surface area contributed by atoms with E-state index < -0.39 is 18.0 Å². The Morgan fingerprint density at radius 2 is 1.86 bits per heavy atom. The molecule has 0 saturated heterocycles. The maximum atomic E-state index is 13.0. The number of anilines is 1. The molecule has 0 radical (unpaired) electrons. The predicted molar refractivity (Wildman–Crippen MR) is 112 cm³/mol. The predicted octanol–water partition coefficient (Wildman–Crippen LogP) is 4.51. The standard InChI is InChI=1S/C22H25NO5S/c1-13-9-10-16(18(11-13)28-14(2)24)20(25)23-21-17(22(26)27-3)12-19(29-21)15-7-5-4-6-8-15/h4-8,12-13,16,18H,9-11H2,1-3H3,(H,23,25)/t13-,16-,18+/m1/s1. The second kappa shape index (κ2) is 9.22. The van der Waals surface area contributed by atoms with E-state index in [2.05, 4.69) is 12.2 Å². The molecule has 7 heteroatoms. The number of esters is 2. The first-order valence-corrected chi connectivity index (χ1v) is 10.5. The number of amides is 1. The molecule has 1 saturated carbocycles. The van der Waals surface area contributed by atoms with Crippen LogP contribution in [0.25, 0.3) is 10.4 Å². The Morgan fingerprint density at radius 1 is 1.14 bits per heavy atom. The number of hydrogen-bond acceptors (Lipinski definition) is 6. The number of hydrogen-bond donors (Lipinski definition) is 1. The molecule has 1 aliphatic rings. The van der Waals surface area contributed by atoms with Crippen molar-refractivity contribution in [3.05, 3.63) is 42.0 Å². The molecular weight excluding hydrogens is 390 g/mol. The van der Waals surface area contributed by atoms with E-state index in [1.54, 1.807) is 6.07 Å². The summed E-state index contributed by atoms with van der Waals surface area (Å²) in [6, 6.07) is 11.4. The number of methoxy groups -OCH3 is 1. The number of carbonyl (C=O) groups is 3. The third kappa shape index (κ3) is 5.03. The Bertz CT molecular complexity index is 892. The topological polar surface area (TPSA) is 81.7 Å². The van der Waals surface area contributed by atoms with Gasteiger partial charge in [0, 0.05) is 11.8 Å². The molecule has 1 fully saturated rings. The van der Waals surface area contributed by atoms with Crippen LogP contribution in [0, 0.1) is 11.8 Å². The lowest BCUT2D eigenvalue weighted by Gasteiger charge is -2.33. The van der Waals surface area contributed by atoms with E-state index in [-0.39, 0.29) is 11.9 Å². The zero-order chi connectivity index (χ0) is 21.0. The summed E-state index contributed by atoms with van der Waals surface area (Å²) in [6.07, 6.45) is 1.72. The van der Waals surface area contributed by atoms with Gasteiger partial charge in [-0.15, -0.1) is 11.3 Å². The summed E-state index contributed by atoms with van der Waals surface area (Å²) < 4.78 is 10.3. The molecule has 0 spiro atoms. The normalized spacial score (nSPS) is 21.3. The number of ether oxygens (including phenoxy) is 2. The van der Waals surface area contributed by atoms with Crippen LogP contribution in [-0.4, -0.2) is 31.1 Å². The average molecular weight is 416 g/mol. The zero-order valence-electron chi connectivity index (χ0n) is 16.8. The summed E-state index contributed by atoms with van der Waals surface area (Å²) in [5, 5.41) is 3.34. The molecule has 154 valence electrons. The third-order valence-corrected chi connectivity index (χ3v) is 6.24. The minimum atomic E-state index is -0.507. The van der Waals surface area contributed by atoms with Crippen molar-refractivity contribution in [3.63, 3.8) is 0 Å². The first-order valence-electron chi connectivity index (χ1n) is 9.64. The maximum absolute atomic E-state index is 13.0. The molecule has 3 atom stereocenters. The molecule has 29 heavy (non-hydrogen) atoms. The lowest BCUT2D eigenvalue weighted by molar-refractivity contribution is -0.153. The van der Waals surface area contributed by atoms with Gasteiger partial charge in [0.15, 0.2) is 0 Å². The van der Waals surface area contributed by atoms with Gasteiger partial charge < -0.3 is 14.8 Å². The van der Waals surface area contributed by atoms with Crippen LogP contribution in [0.3, 0.4) is 0 Å². The molecule has 1 N–H and O–H groups in total. The fourth-order valence-electron chi connectivity index (χ4n) is 3.67. The van der Waals surface area contributed by atoms with Gasteiger partial charge in [-0.25, -0.2) is 4.79 Å². The highest BCUT2D eigenvalue weighted by Gasteiger charge is 2.36. The van der Waals surface area contributed by atoms with E-state index in [1.807, 2.05) is 30.3 Å². The quantitative estimate of drug-likeness (QED) is 0.727. The number of thiophene rings is 1. The maximum Gasteiger partial charge on any atom is 0.340 e. The third-order valence-electron chi connectivity index (χ3n) is 5.14. The summed E-state index contributed by atoms with van der Waals surface area (Å²) >= 11 is 1.32. The molecule has 1 aromatic carbocycles. The van der Waals surface area contributed by atoms with Crippen molar-refractivity contribution >= 4 is 34.2 Å². The van der Waals surface area contributed by atoms with E-state index in [9.17, 15) is 14.4 Å². The van der Waals surface area contributed by atoms with Gasteiger partial charge in [-0.2, -0.15) is 0 Å². The Balaban J connectivity index is 1.85. The van der Waals surface area contributed by atoms with E-state index >= 15 is 0 Å². The van der Waals surface area contributed by atoms with Crippen molar-refractivity contribution in [3.8, 4) is 10.4 Å². The molecule has 1 heterocycles. The first-order chi connectivity index (χ1) is 13.9. The highest BCUT2D eigenvalue weighted by atomic mass is 32.1. The van der Waals surface area contributed by atoms with Gasteiger partial charge in [-0.1, -0.05) is 37.3 Å². The second-order valence-electron chi connectivity index (χ2n) is 7.37. The number of carbonyl (C=O) groups excluding carboxylic acids is 3. The fourth-order valence-corrected chi connectivity index (χ4v) is 4.72. The van der Waals surface area contributed by atoms with Crippen molar-refractivity contribution in [2.75, 3.05) is 12.4 Å². The van der Waals surface area contributed by atoms with Crippen molar-refractivity contribution in [1.29, 1.82) is 0 Å². The highest BCUT2D eigenvalue weighted by Crippen LogP contribution is 2.37. The van der Waals surface area contributed by atoms with Crippen LogP contribution in [0.2, 0.25) is 0 Å². The van der Waals surface area contributed by atoms with Crippen LogP contribution in [-0.2, 0) is 19.1 Å². The van der Waals surface area contributed by atoms with Crippen molar-refractivity contribution in [2.45, 2.75) is 39.2 Å². The SMILES string of the molecule is COC(=O)c1cc(-c2ccccc2)sc1NC(=O)[C@@H]1CC[C@@H](C)C[C@@H]1OC(C)=O. The summed E-state index contributed by atoms with van der Waals surface area (Å²) in [6.45, 7) is 3.44. The van der Waals surface area contributed by atoms with Gasteiger partial charge in [0.1, 0.15) is 11.1 Å². The van der Waals surface area contributed by atoms with Gasteiger partial charge in [-0.3, -0.25) is 9.59 Å². The zero-order valence-corrected chi connectivity index (χ0v) is 17.6. The summed E-state index contributed by atoms with van der Waals surface area (Å²) in [4.78, 5) is 37.6. The van der Waals surface area contributed by atoms with E-state index in [0.717, 1.165) is 16.9 Å². The second-order valence-corrected chi connectivity index (χ2v) is 8.43. The van der Waals surface area contributed by atoms with Crippen LogP contribution in [0.15, 0.2) is 36.4 Å². The Morgan fingerprint density at radius 3 is 2.52 bits per heavy atom. The minimum Gasteiger partial charge on any atom is -0.465 e. The van der Waals surface area contributed by atoms with Gasteiger partial charge in [-0.05, 0) is 36.8 Å². The Kier molecular flexibility index (Phi) is 6.69. The molecule has 0 bridgehead atoms. The first kappa shape index (κ1) is 21.0. The van der Waals surface area contributed by atoms with Crippen LogP contribution < -0.4 is 5.32 Å². The molecule has 1 aromatic heterocycles. The smallest absolute Gasteiger partial charge is 0.340 e. The molecule has 6 nitrogen and oxygen atoms in total. The van der Waals surface area contributed by atoms with Crippen LogP contribution in [0.4, 0.5) is 5.00 Å². The van der Waals surface area contributed by atoms with Crippen LogP contribution in [0.5, 0.6) is 0 Å². The molecule has 0 unspecified atom stereocenters. The Hall–Kier alpha value is -2.67. The van der Waals surface area contributed by atoms with Gasteiger partial charge >= 0.3 is 11.9 Å². The highest BCUT2D eigenvalue weighted by molar-refractivity contribution is 7.20. The van der Waals surface area contributed by atoms with E-state index in [0.29, 0.717) is 29.3 Å². The van der Waals surface area contributed by atoms with Crippen LogP contribution in [0.1, 0.15) is 43.5 Å². The molecule has 1 aliphatic carbocycles. The van der Waals surface area contributed by atoms with Gasteiger partial charge in [0.25, 0.3) is 0 Å². The number of rotatable bonds is 5. The molecular formula is C22H25NO5S. The molecule has 2 aromatic rings. The van der Waals surface area contributed by atoms with Crippen molar-refractivity contribution < 1.29 is 23.9 Å². The van der Waals surface area contributed by atoms with Crippen LogP contribution >= 0.6 is 11.3 Å².